The van der Waals surface area contributed by atoms with Crippen LogP contribution in [-0.4, -0.2) is 19.1 Å². The molecule has 2 aromatic rings. The van der Waals surface area contributed by atoms with Gasteiger partial charge in [0.15, 0.2) is 11.5 Å². The molecule has 0 bridgehead atoms. The Hall–Kier alpha value is -1.28. The Kier molecular flexibility index (Phi) is 4.87. The number of hydrogen-bond acceptors (Lipinski definition) is 3. The minimum Gasteiger partial charge on any atom is -0.486 e. The van der Waals surface area contributed by atoms with Gasteiger partial charge in [-0.1, -0.05) is 15.9 Å². The molecule has 3 rings (SSSR count). The average Bonchev–Trinajstić information content (AvgIpc) is 2.50. The molecule has 0 radical (unpaired) electrons. The van der Waals surface area contributed by atoms with Crippen molar-refractivity contribution in [2.75, 3.05) is 18.5 Å². The van der Waals surface area contributed by atoms with E-state index in [1.54, 1.807) is 0 Å². The molecule has 1 aliphatic heterocycles. The van der Waals surface area contributed by atoms with Gasteiger partial charge in [-0.25, -0.2) is 0 Å². The monoisotopic (exact) mass is 473 g/mol. The molecular weight excluding hydrogens is 461 g/mol. The third-order valence-corrected chi connectivity index (χ3v) is 4.65. The van der Waals surface area contributed by atoms with E-state index in [1.807, 2.05) is 36.4 Å². The summed E-state index contributed by atoms with van der Waals surface area (Å²) < 4.78 is 13.0. The topological polar surface area (TPSA) is 47.6 Å². The van der Waals surface area contributed by atoms with Crippen LogP contribution in [0.3, 0.4) is 0 Å². The Balaban J connectivity index is 1.72. The lowest BCUT2D eigenvalue weighted by Gasteiger charge is -2.19. The van der Waals surface area contributed by atoms with Gasteiger partial charge in [0.2, 0.25) is 5.91 Å². The van der Waals surface area contributed by atoms with E-state index in [2.05, 4.69) is 43.8 Å². The lowest BCUT2D eigenvalue weighted by atomic mass is 10.1. The second-order valence-corrected chi connectivity index (χ2v) is 6.92. The maximum absolute atomic E-state index is 12.2. The number of rotatable bonds is 3. The Morgan fingerprint density at radius 1 is 1.14 bits per heavy atom. The number of anilines is 1. The SMILES string of the molecule is O=C(Cc1cc2c(cc1Br)OCCO2)Nc1ccc(I)cc1. The van der Waals surface area contributed by atoms with Gasteiger partial charge in [-0.3, -0.25) is 4.79 Å². The molecule has 4 nitrogen and oxygen atoms in total. The van der Waals surface area contributed by atoms with Crippen molar-refractivity contribution in [1.29, 1.82) is 0 Å². The Morgan fingerprint density at radius 2 is 1.77 bits per heavy atom. The Labute approximate surface area is 150 Å². The summed E-state index contributed by atoms with van der Waals surface area (Å²) in [5.74, 6) is 1.32. The number of carbonyl (C=O) groups excluding carboxylic acids is 1. The van der Waals surface area contributed by atoms with E-state index >= 15 is 0 Å². The van der Waals surface area contributed by atoms with E-state index in [-0.39, 0.29) is 12.3 Å². The predicted octanol–water partition coefficient (Wildman–Crippen LogP) is 4.01. The standard InChI is InChI=1S/C16H13BrINO3/c17-13-9-15-14(21-5-6-22-15)7-10(13)8-16(20)19-12-3-1-11(18)2-4-12/h1-4,7,9H,5-6,8H2,(H,19,20). The van der Waals surface area contributed by atoms with E-state index in [4.69, 9.17) is 9.47 Å². The number of nitrogens with one attached hydrogen (secondary N) is 1. The minimum absolute atomic E-state index is 0.0708. The molecule has 0 aliphatic carbocycles. The zero-order valence-corrected chi connectivity index (χ0v) is 15.3. The summed E-state index contributed by atoms with van der Waals surface area (Å²) in [5, 5.41) is 2.89. The van der Waals surface area contributed by atoms with Crippen LogP contribution in [-0.2, 0) is 11.2 Å². The number of hydrogen-bond donors (Lipinski definition) is 1. The molecular formula is C16H13BrINO3. The second kappa shape index (κ2) is 6.87. The summed E-state index contributed by atoms with van der Waals surface area (Å²) in [4.78, 5) is 12.2. The van der Waals surface area contributed by atoms with Crippen LogP contribution in [0, 0.1) is 3.57 Å². The van der Waals surface area contributed by atoms with Crippen molar-refractivity contribution < 1.29 is 14.3 Å². The lowest BCUT2D eigenvalue weighted by Crippen LogP contribution is -2.17. The van der Waals surface area contributed by atoms with Crippen LogP contribution in [0.5, 0.6) is 11.5 Å². The van der Waals surface area contributed by atoms with Crippen molar-refractivity contribution in [3.8, 4) is 11.5 Å². The van der Waals surface area contributed by atoms with Crippen molar-refractivity contribution in [3.05, 3.63) is 50.0 Å². The molecule has 2 aromatic carbocycles. The predicted molar refractivity (Wildman–Crippen MR) is 96.6 cm³/mol. The molecule has 6 heteroatoms. The molecule has 1 amide bonds. The molecule has 0 saturated heterocycles. The van der Waals surface area contributed by atoms with Gasteiger partial charge in [-0.2, -0.15) is 0 Å². The molecule has 1 heterocycles. The molecule has 0 unspecified atom stereocenters. The number of fused-ring (bicyclic) bond motifs is 1. The number of amides is 1. The normalized spacial score (nSPS) is 12.8. The van der Waals surface area contributed by atoms with Crippen LogP contribution in [0.4, 0.5) is 5.69 Å². The summed E-state index contributed by atoms with van der Waals surface area (Å²) >= 11 is 5.71. The molecule has 1 N–H and O–H groups in total. The smallest absolute Gasteiger partial charge is 0.228 e. The Bertz CT molecular complexity index is 703. The van der Waals surface area contributed by atoms with Crippen molar-refractivity contribution >= 4 is 50.1 Å². The van der Waals surface area contributed by atoms with Crippen molar-refractivity contribution in [2.24, 2.45) is 0 Å². The molecule has 22 heavy (non-hydrogen) atoms. The van der Waals surface area contributed by atoms with Crippen LogP contribution < -0.4 is 14.8 Å². The molecule has 0 saturated carbocycles. The van der Waals surface area contributed by atoms with Crippen LogP contribution in [0.1, 0.15) is 5.56 Å². The van der Waals surface area contributed by atoms with Gasteiger partial charge in [-0.15, -0.1) is 0 Å². The highest BCUT2D eigenvalue weighted by Gasteiger charge is 2.16. The maximum Gasteiger partial charge on any atom is 0.228 e. The zero-order valence-electron chi connectivity index (χ0n) is 11.6. The molecule has 0 spiro atoms. The molecule has 114 valence electrons. The lowest BCUT2D eigenvalue weighted by molar-refractivity contribution is -0.115. The number of ether oxygens (including phenoxy) is 2. The molecule has 0 atom stereocenters. The fourth-order valence-corrected chi connectivity index (χ4v) is 2.98. The van der Waals surface area contributed by atoms with E-state index in [0.717, 1.165) is 19.3 Å². The van der Waals surface area contributed by atoms with E-state index in [9.17, 15) is 4.79 Å². The molecule has 0 fully saturated rings. The summed E-state index contributed by atoms with van der Waals surface area (Å²) in [7, 11) is 0. The number of benzene rings is 2. The fraction of sp³-hybridized carbons (Fsp3) is 0.188. The van der Waals surface area contributed by atoms with Gasteiger partial charge < -0.3 is 14.8 Å². The first-order valence-electron chi connectivity index (χ1n) is 6.75. The van der Waals surface area contributed by atoms with Gasteiger partial charge in [-0.05, 0) is 64.6 Å². The first kappa shape index (κ1) is 15.6. The van der Waals surface area contributed by atoms with Gasteiger partial charge in [0.1, 0.15) is 13.2 Å². The van der Waals surface area contributed by atoms with E-state index < -0.39 is 0 Å². The van der Waals surface area contributed by atoms with Gasteiger partial charge in [0.05, 0.1) is 6.42 Å². The highest BCUT2D eigenvalue weighted by atomic mass is 127. The van der Waals surface area contributed by atoms with Crippen molar-refractivity contribution in [1.82, 2.24) is 0 Å². The maximum atomic E-state index is 12.2. The summed E-state index contributed by atoms with van der Waals surface area (Å²) in [6.07, 6.45) is 0.267. The van der Waals surface area contributed by atoms with Crippen molar-refractivity contribution in [3.63, 3.8) is 0 Å². The highest BCUT2D eigenvalue weighted by Crippen LogP contribution is 2.35. The van der Waals surface area contributed by atoms with E-state index in [1.165, 1.54) is 0 Å². The number of halogens is 2. The first-order chi connectivity index (χ1) is 10.6. The van der Waals surface area contributed by atoms with E-state index in [0.29, 0.717) is 24.7 Å². The quantitative estimate of drug-likeness (QED) is 0.685. The zero-order chi connectivity index (χ0) is 15.5. The van der Waals surface area contributed by atoms with Gasteiger partial charge in [0.25, 0.3) is 0 Å². The Morgan fingerprint density at radius 3 is 2.45 bits per heavy atom. The summed E-state index contributed by atoms with van der Waals surface area (Å²) in [5.41, 5.74) is 1.66. The van der Waals surface area contributed by atoms with Crippen molar-refractivity contribution in [2.45, 2.75) is 6.42 Å². The molecule has 0 aromatic heterocycles. The van der Waals surface area contributed by atoms with Gasteiger partial charge >= 0.3 is 0 Å². The second-order valence-electron chi connectivity index (χ2n) is 4.82. The summed E-state index contributed by atoms with van der Waals surface area (Å²) in [6, 6.07) is 11.4. The van der Waals surface area contributed by atoms with Gasteiger partial charge in [0, 0.05) is 13.7 Å². The van der Waals surface area contributed by atoms with Crippen LogP contribution >= 0.6 is 38.5 Å². The molecule has 1 aliphatic rings. The highest BCUT2D eigenvalue weighted by molar-refractivity contribution is 14.1. The third kappa shape index (κ3) is 3.73. The minimum atomic E-state index is -0.0708. The van der Waals surface area contributed by atoms with Crippen LogP contribution in [0.2, 0.25) is 0 Å². The van der Waals surface area contributed by atoms with Crippen LogP contribution in [0.25, 0.3) is 0 Å². The fourth-order valence-electron chi connectivity index (χ4n) is 2.15. The average molecular weight is 474 g/mol. The first-order valence-corrected chi connectivity index (χ1v) is 8.62. The number of carbonyl (C=O) groups is 1. The summed E-state index contributed by atoms with van der Waals surface area (Å²) in [6.45, 7) is 1.08. The van der Waals surface area contributed by atoms with Crippen LogP contribution in [0.15, 0.2) is 40.9 Å². The largest absolute Gasteiger partial charge is 0.486 e. The third-order valence-electron chi connectivity index (χ3n) is 3.19.